The first-order valence-electron chi connectivity index (χ1n) is 10.4. The molecule has 2 N–H and O–H groups in total. The monoisotopic (exact) mass is 411 g/mol. The zero-order valence-corrected chi connectivity index (χ0v) is 17.6. The van der Waals surface area contributed by atoms with Gasteiger partial charge in [-0.25, -0.2) is 9.59 Å². The van der Waals surface area contributed by atoms with E-state index in [-0.39, 0.29) is 30.6 Å². The number of amides is 2. The molecule has 2 amide bonds. The fourth-order valence-electron chi connectivity index (χ4n) is 3.80. The molecule has 0 aromatic carbocycles. The highest BCUT2D eigenvalue weighted by Crippen LogP contribution is 2.22. The highest BCUT2D eigenvalue weighted by Gasteiger charge is 2.36. The lowest BCUT2D eigenvalue weighted by Crippen LogP contribution is -2.44. The van der Waals surface area contributed by atoms with E-state index < -0.39 is 23.7 Å². The first-order chi connectivity index (χ1) is 13.6. The number of likely N-dealkylation sites (tertiary alicyclic amines) is 2. The number of ether oxygens (including phenoxy) is 1. The van der Waals surface area contributed by atoms with Gasteiger partial charge in [-0.2, -0.15) is 0 Å². The van der Waals surface area contributed by atoms with Gasteiger partial charge in [0.15, 0.2) is 0 Å². The Labute approximate surface area is 171 Å². The summed E-state index contributed by atoms with van der Waals surface area (Å²) in [5.74, 6) is -1.61. The van der Waals surface area contributed by atoms with Crippen molar-refractivity contribution in [1.82, 2.24) is 15.1 Å². The molecule has 0 aromatic rings. The number of carbonyl (C=O) groups is 4. The van der Waals surface area contributed by atoms with Crippen molar-refractivity contribution >= 4 is 23.8 Å². The quantitative estimate of drug-likeness (QED) is 0.447. The Kier molecular flexibility index (Phi) is 8.01. The fourth-order valence-corrected chi connectivity index (χ4v) is 3.80. The van der Waals surface area contributed by atoms with Crippen molar-refractivity contribution in [1.29, 1.82) is 0 Å². The maximum Gasteiger partial charge on any atom is 0.329 e. The molecule has 9 nitrogen and oxygen atoms in total. The maximum atomic E-state index is 12.5. The first-order valence-corrected chi connectivity index (χ1v) is 10.4. The van der Waals surface area contributed by atoms with E-state index in [0.717, 1.165) is 6.42 Å². The van der Waals surface area contributed by atoms with Gasteiger partial charge in [0.25, 0.3) is 0 Å². The van der Waals surface area contributed by atoms with Gasteiger partial charge in [0, 0.05) is 39.0 Å². The van der Waals surface area contributed by atoms with Crippen LogP contribution in [-0.4, -0.2) is 82.5 Å². The van der Waals surface area contributed by atoms with Gasteiger partial charge in [0.1, 0.15) is 17.7 Å². The van der Waals surface area contributed by atoms with Crippen molar-refractivity contribution in [3.63, 3.8) is 0 Å². The van der Waals surface area contributed by atoms with Gasteiger partial charge in [-0.3, -0.25) is 9.59 Å². The molecule has 2 aliphatic rings. The lowest BCUT2D eigenvalue weighted by atomic mass is 10.1. The third-order valence-corrected chi connectivity index (χ3v) is 5.14. The Morgan fingerprint density at radius 1 is 0.931 bits per heavy atom. The molecule has 0 aliphatic carbocycles. The van der Waals surface area contributed by atoms with Crippen LogP contribution in [0.2, 0.25) is 0 Å². The molecule has 2 fully saturated rings. The molecule has 2 aliphatic heterocycles. The summed E-state index contributed by atoms with van der Waals surface area (Å²) in [5.41, 5.74) is -0.586. The van der Waals surface area contributed by atoms with Gasteiger partial charge >= 0.3 is 11.9 Å². The normalized spacial score (nSPS) is 22.0. The molecule has 0 aromatic heterocycles. The number of nitrogens with one attached hydrogen (secondary N) is 1. The zero-order chi connectivity index (χ0) is 21.6. The third kappa shape index (κ3) is 6.69. The van der Waals surface area contributed by atoms with Gasteiger partial charge in [-0.1, -0.05) is 0 Å². The number of hydrogen-bond donors (Lipinski definition) is 2. The lowest BCUT2D eigenvalue weighted by Gasteiger charge is -2.27. The molecule has 9 heteroatoms. The summed E-state index contributed by atoms with van der Waals surface area (Å²) in [6.07, 6.45) is 3.02. The lowest BCUT2D eigenvalue weighted by molar-refractivity contribution is -0.163. The van der Waals surface area contributed by atoms with Crippen molar-refractivity contribution in [3.05, 3.63) is 0 Å². The zero-order valence-electron chi connectivity index (χ0n) is 17.6. The summed E-state index contributed by atoms with van der Waals surface area (Å²) < 4.78 is 5.41. The number of nitrogens with zero attached hydrogens (tertiary/aromatic N) is 2. The number of hydrogen-bond acceptors (Lipinski definition) is 6. The van der Waals surface area contributed by atoms with E-state index in [1.165, 1.54) is 4.90 Å². The second-order valence-corrected chi connectivity index (χ2v) is 8.61. The van der Waals surface area contributed by atoms with Crippen molar-refractivity contribution in [2.24, 2.45) is 0 Å². The van der Waals surface area contributed by atoms with Gasteiger partial charge in [-0.15, -0.1) is 0 Å². The Hall–Kier alpha value is -2.16. The van der Waals surface area contributed by atoms with E-state index in [1.807, 2.05) is 0 Å². The Bertz CT molecular complexity index is 630. The largest absolute Gasteiger partial charge is 0.480 e. The van der Waals surface area contributed by atoms with Crippen LogP contribution in [0.25, 0.3) is 0 Å². The molecule has 0 unspecified atom stereocenters. The van der Waals surface area contributed by atoms with Crippen molar-refractivity contribution in [2.75, 3.05) is 26.2 Å². The smallest absolute Gasteiger partial charge is 0.329 e. The number of rotatable bonds is 8. The molecule has 29 heavy (non-hydrogen) atoms. The second kappa shape index (κ2) is 10.0. The number of carboxylic acid groups (broad SMARTS) is 1. The summed E-state index contributed by atoms with van der Waals surface area (Å²) >= 11 is 0. The van der Waals surface area contributed by atoms with Crippen molar-refractivity contribution in [3.8, 4) is 0 Å². The van der Waals surface area contributed by atoms with Gasteiger partial charge in [-0.05, 0) is 46.5 Å². The van der Waals surface area contributed by atoms with E-state index in [2.05, 4.69) is 5.32 Å². The average molecular weight is 411 g/mol. The topological polar surface area (TPSA) is 116 Å². The van der Waals surface area contributed by atoms with E-state index in [4.69, 9.17) is 9.84 Å². The minimum absolute atomic E-state index is 0.109. The van der Waals surface area contributed by atoms with E-state index in [0.29, 0.717) is 45.4 Å². The summed E-state index contributed by atoms with van der Waals surface area (Å²) in [6.45, 7) is 7.21. The number of carbonyl (C=O) groups excluding carboxylic acids is 3. The predicted octanol–water partition coefficient (Wildman–Crippen LogP) is 0.765. The molecule has 0 spiro atoms. The molecular weight excluding hydrogens is 378 g/mol. The van der Waals surface area contributed by atoms with Gasteiger partial charge in [0.05, 0.1) is 0 Å². The van der Waals surface area contributed by atoms with Crippen LogP contribution in [0.1, 0.15) is 59.3 Å². The van der Waals surface area contributed by atoms with Crippen LogP contribution in [-0.2, 0) is 23.9 Å². The SMILES string of the molecule is CC(C)(C)OC(=O)[C@H]1CCCN1C(=O)CCNCCC(=O)N1CCC[C@@H]1C(=O)O. The van der Waals surface area contributed by atoms with Crippen LogP contribution in [0.4, 0.5) is 0 Å². The molecule has 2 rings (SSSR count). The molecule has 0 radical (unpaired) electrons. The molecule has 164 valence electrons. The van der Waals surface area contributed by atoms with E-state index in [9.17, 15) is 19.2 Å². The summed E-state index contributed by atoms with van der Waals surface area (Å²) in [6, 6.07) is -1.24. The number of carboxylic acids is 1. The predicted molar refractivity (Wildman–Crippen MR) is 105 cm³/mol. The van der Waals surface area contributed by atoms with Gasteiger partial charge < -0.3 is 25.0 Å². The molecule has 0 saturated carbocycles. The average Bonchev–Trinajstić information content (AvgIpc) is 3.28. The van der Waals surface area contributed by atoms with Crippen LogP contribution >= 0.6 is 0 Å². The Morgan fingerprint density at radius 3 is 1.90 bits per heavy atom. The molecule has 2 heterocycles. The van der Waals surface area contributed by atoms with Crippen LogP contribution in [0.3, 0.4) is 0 Å². The van der Waals surface area contributed by atoms with Crippen LogP contribution in [0.15, 0.2) is 0 Å². The Balaban J connectivity index is 1.69. The van der Waals surface area contributed by atoms with Crippen molar-refractivity contribution in [2.45, 2.75) is 77.0 Å². The Morgan fingerprint density at radius 2 is 1.41 bits per heavy atom. The highest BCUT2D eigenvalue weighted by atomic mass is 16.6. The maximum absolute atomic E-state index is 12.5. The molecule has 0 bridgehead atoms. The first kappa shape index (κ1) is 23.1. The van der Waals surface area contributed by atoms with Crippen LogP contribution < -0.4 is 5.32 Å². The fraction of sp³-hybridized carbons (Fsp3) is 0.800. The minimum Gasteiger partial charge on any atom is -0.480 e. The standard InChI is InChI=1S/C20H33N3O6/c1-20(2,3)29-19(28)15-7-5-13-23(15)17(25)9-11-21-10-8-16(24)22-12-4-6-14(22)18(26)27/h14-15,21H,4-13H2,1-3H3,(H,26,27)/t14-,15-/m1/s1. The molecule has 2 atom stereocenters. The van der Waals surface area contributed by atoms with Crippen LogP contribution in [0, 0.1) is 0 Å². The van der Waals surface area contributed by atoms with Crippen molar-refractivity contribution < 1.29 is 29.0 Å². The third-order valence-electron chi connectivity index (χ3n) is 5.14. The summed E-state index contributed by atoms with van der Waals surface area (Å²) in [4.78, 5) is 51.2. The number of aliphatic carboxylic acids is 1. The van der Waals surface area contributed by atoms with Gasteiger partial charge in [0.2, 0.25) is 11.8 Å². The van der Waals surface area contributed by atoms with E-state index in [1.54, 1.807) is 25.7 Å². The number of esters is 1. The minimum atomic E-state index is -0.959. The summed E-state index contributed by atoms with van der Waals surface area (Å²) in [5, 5.41) is 12.2. The molecule has 2 saturated heterocycles. The van der Waals surface area contributed by atoms with Crippen LogP contribution in [0.5, 0.6) is 0 Å². The second-order valence-electron chi connectivity index (χ2n) is 8.61. The highest BCUT2D eigenvalue weighted by molar-refractivity contribution is 5.85. The van der Waals surface area contributed by atoms with E-state index >= 15 is 0 Å². The summed E-state index contributed by atoms with van der Waals surface area (Å²) in [7, 11) is 0. The molecular formula is C20H33N3O6.